The van der Waals surface area contributed by atoms with Crippen molar-refractivity contribution in [2.45, 2.75) is 31.2 Å². The zero-order valence-electron chi connectivity index (χ0n) is 18.8. The normalized spacial score (nSPS) is 20.1. The number of ether oxygens (including phenoxy) is 1. The van der Waals surface area contributed by atoms with Gasteiger partial charge in [0.05, 0.1) is 37.2 Å². The molecule has 0 aliphatic carbocycles. The number of aromatic nitrogens is 4. The molecule has 2 aliphatic heterocycles. The van der Waals surface area contributed by atoms with Crippen molar-refractivity contribution in [1.82, 2.24) is 28.8 Å². The van der Waals surface area contributed by atoms with Gasteiger partial charge in [-0.2, -0.15) is 14.5 Å². The van der Waals surface area contributed by atoms with Crippen molar-refractivity contribution in [3.8, 4) is 0 Å². The molecule has 2 aliphatic rings. The molecule has 2 amide bonds. The maximum Gasteiger partial charge on any atom is 0.274 e. The van der Waals surface area contributed by atoms with Crippen LogP contribution in [0.3, 0.4) is 0 Å². The van der Waals surface area contributed by atoms with Crippen molar-refractivity contribution in [3.63, 3.8) is 0 Å². The van der Waals surface area contributed by atoms with E-state index in [0.717, 1.165) is 0 Å². The molecule has 1 N–H and O–H groups in total. The molecule has 2 fully saturated rings. The molecule has 4 rings (SSSR count). The highest BCUT2D eigenvalue weighted by Crippen LogP contribution is 2.26. The average molecular weight is 480 g/mol. The van der Waals surface area contributed by atoms with Gasteiger partial charge in [0.2, 0.25) is 15.9 Å². The van der Waals surface area contributed by atoms with Crippen LogP contribution in [0.5, 0.6) is 0 Å². The Morgan fingerprint density at radius 3 is 2.61 bits per heavy atom. The molecule has 180 valence electrons. The number of aryl methyl sites for hydroxylation is 2. The first-order valence-electron chi connectivity index (χ1n) is 11.0. The molecule has 4 heterocycles. The second-order valence-electron chi connectivity index (χ2n) is 8.17. The van der Waals surface area contributed by atoms with Crippen LogP contribution in [0.2, 0.25) is 0 Å². The molecule has 0 saturated carbocycles. The van der Waals surface area contributed by atoms with Crippen molar-refractivity contribution >= 4 is 27.5 Å². The van der Waals surface area contributed by atoms with E-state index in [1.165, 1.54) is 27.6 Å². The number of carbonyl (C=O) groups excluding carboxylic acids is 2. The van der Waals surface area contributed by atoms with E-state index in [1.54, 1.807) is 16.6 Å². The second-order valence-corrected chi connectivity index (χ2v) is 10.1. The lowest BCUT2D eigenvalue weighted by molar-refractivity contribution is -0.120. The first-order chi connectivity index (χ1) is 15.8. The summed E-state index contributed by atoms with van der Waals surface area (Å²) in [6.07, 6.45) is 5.34. The van der Waals surface area contributed by atoms with E-state index in [9.17, 15) is 18.0 Å². The molecule has 13 heteroatoms. The van der Waals surface area contributed by atoms with Crippen LogP contribution in [0, 0.1) is 5.92 Å². The third-order valence-electron chi connectivity index (χ3n) is 5.97. The molecule has 2 aromatic heterocycles. The molecule has 0 aromatic carbocycles. The van der Waals surface area contributed by atoms with E-state index in [-0.39, 0.29) is 23.3 Å². The van der Waals surface area contributed by atoms with E-state index in [2.05, 4.69) is 15.5 Å². The number of hydrogen-bond donors (Lipinski definition) is 1. The Kier molecular flexibility index (Phi) is 6.81. The fraction of sp³-hybridized carbons (Fsp3) is 0.600. The summed E-state index contributed by atoms with van der Waals surface area (Å²) in [4.78, 5) is 28.0. The van der Waals surface area contributed by atoms with Crippen LogP contribution in [0.4, 0.5) is 5.69 Å². The van der Waals surface area contributed by atoms with Crippen LogP contribution in [0.15, 0.2) is 23.5 Å². The van der Waals surface area contributed by atoms with Crippen molar-refractivity contribution in [2.75, 3.05) is 44.7 Å². The zero-order chi connectivity index (χ0) is 23.6. The van der Waals surface area contributed by atoms with Gasteiger partial charge in [-0.15, -0.1) is 0 Å². The highest BCUT2D eigenvalue weighted by atomic mass is 32.2. The first-order valence-corrected chi connectivity index (χ1v) is 12.5. The van der Waals surface area contributed by atoms with E-state index in [1.807, 2.05) is 6.92 Å². The monoisotopic (exact) mass is 479 g/mol. The molecular formula is C20H29N7O5S. The number of anilines is 1. The summed E-state index contributed by atoms with van der Waals surface area (Å²) < 4.78 is 35.6. The van der Waals surface area contributed by atoms with Gasteiger partial charge >= 0.3 is 0 Å². The van der Waals surface area contributed by atoms with Crippen LogP contribution in [-0.4, -0.2) is 88.4 Å². The van der Waals surface area contributed by atoms with Crippen molar-refractivity contribution < 1.29 is 22.7 Å². The summed E-state index contributed by atoms with van der Waals surface area (Å²) in [6.45, 7) is 4.65. The summed E-state index contributed by atoms with van der Waals surface area (Å²) >= 11 is 0. The highest BCUT2D eigenvalue weighted by molar-refractivity contribution is 7.89. The van der Waals surface area contributed by atoms with Crippen LogP contribution in [-0.2, 0) is 33.1 Å². The maximum atomic E-state index is 13.1. The van der Waals surface area contributed by atoms with Gasteiger partial charge < -0.3 is 15.0 Å². The average Bonchev–Trinajstić information content (AvgIpc) is 3.45. The van der Waals surface area contributed by atoms with E-state index < -0.39 is 15.9 Å². The standard InChI is InChI=1S/C20H29N7O5S/c1-3-27-18(20(29)25-7-9-32-10-8-25)17(12-22-27)23-19(28)15-5-4-6-26(13-15)33(30,31)16-11-21-24(2)14-16/h11-12,14-15H,3-10,13H2,1-2H3,(H,23,28). The summed E-state index contributed by atoms with van der Waals surface area (Å²) in [6, 6.07) is 0. The van der Waals surface area contributed by atoms with Crippen LogP contribution >= 0.6 is 0 Å². The van der Waals surface area contributed by atoms with Gasteiger partial charge in [-0.25, -0.2) is 8.42 Å². The minimum atomic E-state index is -3.74. The molecule has 0 bridgehead atoms. The Hall–Kier alpha value is -2.77. The Morgan fingerprint density at radius 2 is 1.94 bits per heavy atom. The Balaban J connectivity index is 1.49. The quantitative estimate of drug-likeness (QED) is 0.624. The van der Waals surface area contributed by atoms with E-state index in [0.29, 0.717) is 63.6 Å². The van der Waals surface area contributed by atoms with Crippen molar-refractivity contribution in [3.05, 3.63) is 24.3 Å². The summed E-state index contributed by atoms with van der Waals surface area (Å²) in [5.41, 5.74) is 0.661. The number of hydrogen-bond acceptors (Lipinski definition) is 7. The topological polar surface area (TPSA) is 132 Å². The molecule has 2 aromatic rings. The number of piperidine rings is 1. The molecule has 0 radical (unpaired) electrons. The predicted octanol–water partition coefficient (Wildman–Crippen LogP) is 0.148. The van der Waals surface area contributed by atoms with Gasteiger partial charge in [-0.3, -0.25) is 19.0 Å². The number of sulfonamides is 1. The van der Waals surface area contributed by atoms with Crippen LogP contribution in [0.25, 0.3) is 0 Å². The SMILES string of the molecule is CCn1ncc(NC(=O)C2CCCN(S(=O)(=O)c3cnn(C)c3)C2)c1C(=O)N1CCOCC1. The number of carbonyl (C=O) groups is 2. The number of amides is 2. The lowest BCUT2D eigenvalue weighted by Gasteiger charge is -2.31. The lowest BCUT2D eigenvalue weighted by Crippen LogP contribution is -2.44. The summed E-state index contributed by atoms with van der Waals surface area (Å²) in [7, 11) is -2.09. The minimum Gasteiger partial charge on any atom is -0.378 e. The van der Waals surface area contributed by atoms with Crippen molar-refractivity contribution in [1.29, 1.82) is 0 Å². The third kappa shape index (κ3) is 4.80. The van der Waals surface area contributed by atoms with Gasteiger partial charge in [-0.1, -0.05) is 0 Å². The van der Waals surface area contributed by atoms with Gasteiger partial charge in [0, 0.05) is 46.0 Å². The Bertz CT molecular complexity index is 1120. The van der Waals surface area contributed by atoms with E-state index >= 15 is 0 Å². The molecule has 2 saturated heterocycles. The van der Waals surface area contributed by atoms with Gasteiger partial charge in [0.25, 0.3) is 5.91 Å². The first kappa shape index (κ1) is 23.4. The third-order valence-corrected chi connectivity index (χ3v) is 7.79. The van der Waals surface area contributed by atoms with Gasteiger partial charge in [0.1, 0.15) is 10.6 Å². The van der Waals surface area contributed by atoms with Crippen LogP contribution in [0.1, 0.15) is 30.3 Å². The predicted molar refractivity (Wildman–Crippen MR) is 118 cm³/mol. The number of morpholine rings is 1. The van der Waals surface area contributed by atoms with Gasteiger partial charge in [-0.05, 0) is 19.8 Å². The molecule has 0 spiro atoms. The summed E-state index contributed by atoms with van der Waals surface area (Å²) in [5, 5.41) is 11.0. The number of rotatable bonds is 6. The molecule has 1 atom stereocenters. The molecular weight excluding hydrogens is 450 g/mol. The minimum absolute atomic E-state index is 0.0672. The fourth-order valence-corrected chi connectivity index (χ4v) is 5.66. The van der Waals surface area contributed by atoms with Crippen LogP contribution < -0.4 is 5.32 Å². The molecule has 12 nitrogen and oxygen atoms in total. The van der Waals surface area contributed by atoms with Gasteiger partial charge in [0.15, 0.2) is 0 Å². The zero-order valence-corrected chi connectivity index (χ0v) is 19.6. The fourth-order valence-electron chi connectivity index (χ4n) is 4.15. The smallest absolute Gasteiger partial charge is 0.274 e. The second kappa shape index (κ2) is 9.61. The highest BCUT2D eigenvalue weighted by Gasteiger charge is 2.35. The number of nitrogens with zero attached hydrogens (tertiary/aromatic N) is 6. The molecule has 33 heavy (non-hydrogen) atoms. The van der Waals surface area contributed by atoms with E-state index in [4.69, 9.17) is 4.74 Å². The largest absolute Gasteiger partial charge is 0.378 e. The maximum absolute atomic E-state index is 13.1. The Labute approximate surface area is 192 Å². The number of nitrogens with one attached hydrogen (secondary N) is 1. The van der Waals surface area contributed by atoms with Crippen molar-refractivity contribution in [2.24, 2.45) is 13.0 Å². The molecule has 1 unspecified atom stereocenters. The Morgan fingerprint density at radius 1 is 1.18 bits per heavy atom. The lowest BCUT2D eigenvalue weighted by atomic mass is 9.98. The summed E-state index contributed by atoms with van der Waals surface area (Å²) in [5.74, 6) is -1.08.